The molecule has 0 amide bonds. The SMILES string of the molecule is CC(Cc1ccc2c(c1)oc1ccccc12)c1cccc2oc3ccccc3c12. The summed E-state index contributed by atoms with van der Waals surface area (Å²) in [6.45, 7) is 2.29. The lowest BCUT2D eigenvalue weighted by Crippen LogP contribution is -1.99. The Bertz CT molecular complexity index is 1500. The Hall–Kier alpha value is -3.52. The Labute approximate surface area is 168 Å². The first kappa shape index (κ1) is 16.4. The maximum absolute atomic E-state index is 6.08. The Kier molecular flexibility index (Phi) is 3.54. The third-order valence-corrected chi connectivity index (χ3v) is 5.95. The van der Waals surface area contributed by atoms with Crippen LogP contribution in [0.3, 0.4) is 0 Å². The fraction of sp³-hybridized carbons (Fsp3) is 0.111. The summed E-state index contributed by atoms with van der Waals surface area (Å²) in [4.78, 5) is 0. The first-order valence-corrected chi connectivity index (χ1v) is 10.1. The number of benzene rings is 4. The molecular formula is C27H20O2. The highest BCUT2D eigenvalue weighted by atomic mass is 16.3. The fourth-order valence-electron chi connectivity index (χ4n) is 4.57. The van der Waals surface area contributed by atoms with Gasteiger partial charge in [-0.15, -0.1) is 0 Å². The third-order valence-electron chi connectivity index (χ3n) is 5.95. The molecule has 2 aromatic heterocycles. The molecule has 0 spiro atoms. The molecule has 1 unspecified atom stereocenters. The van der Waals surface area contributed by atoms with Crippen LogP contribution in [-0.4, -0.2) is 0 Å². The average Bonchev–Trinajstić information content (AvgIpc) is 3.31. The number of fused-ring (bicyclic) bond motifs is 6. The highest BCUT2D eigenvalue weighted by molar-refractivity contribution is 6.07. The highest BCUT2D eigenvalue weighted by Crippen LogP contribution is 2.36. The van der Waals surface area contributed by atoms with Crippen molar-refractivity contribution < 1.29 is 8.83 Å². The quantitative estimate of drug-likeness (QED) is 0.314. The molecule has 0 aliphatic heterocycles. The van der Waals surface area contributed by atoms with Gasteiger partial charge in [0.2, 0.25) is 0 Å². The number of furan rings is 2. The van der Waals surface area contributed by atoms with E-state index >= 15 is 0 Å². The van der Waals surface area contributed by atoms with Gasteiger partial charge in [-0.2, -0.15) is 0 Å². The zero-order valence-corrected chi connectivity index (χ0v) is 16.2. The molecule has 6 rings (SSSR count). The van der Waals surface area contributed by atoms with Gasteiger partial charge in [0.05, 0.1) is 0 Å². The Balaban J connectivity index is 1.42. The number of rotatable bonds is 3. The normalized spacial score (nSPS) is 13.0. The summed E-state index contributed by atoms with van der Waals surface area (Å²) in [5.41, 5.74) is 6.44. The highest BCUT2D eigenvalue weighted by Gasteiger charge is 2.16. The predicted octanol–water partition coefficient (Wildman–Crippen LogP) is 7.83. The molecule has 140 valence electrons. The predicted molar refractivity (Wildman–Crippen MR) is 120 cm³/mol. The molecule has 6 aromatic rings. The van der Waals surface area contributed by atoms with Gasteiger partial charge in [0.1, 0.15) is 22.3 Å². The minimum absolute atomic E-state index is 0.363. The van der Waals surface area contributed by atoms with Crippen molar-refractivity contribution in [2.75, 3.05) is 0 Å². The third kappa shape index (κ3) is 2.56. The van der Waals surface area contributed by atoms with Crippen LogP contribution in [-0.2, 0) is 6.42 Å². The molecule has 4 aromatic carbocycles. The Morgan fingerprint density at radius 3 is 2.14 bits per heavy atom. The summed E-state index contributed by atoms with van der Waals surface area (Å²) in [7, 11) is 0. The molecule has 0 aliphatic carbocycles. The summed E-state index contributed by atoms with van der Waals surface area (Å²) < 4.78 is 12.2. The van der Waals surface area contributed by atoms with E-state index in [9.17, 15) is 0 Å². The van der Waals surface area contributed by atoms with Crippen LogP contribution < -0.4 is 0 Å². The largest absolute Gasteiger partial charge is 0.456 e. The number of hydrogen-bond donors (Lipinski definition) is 0. The average molecular weight is 376 g/mol. The number of para-hydroxylation sites is 2. The van der Waals surface area contributed by atoms with Crippen LogP contribution in [0.15, 0.2) is 93.8 Å². The van der Waals surface area contributed by atoms with Gasteiger partial charge in [-0.3, -0.25) is 0 Å². The van der Waals surface area contributed by atoms with Gasteiger partial charge >= 0.3 is 0 Å². The van der Waals surface area contributed by atoms with Crippen molar-refractivity contribution in [2.45, 2.75) is 19.3 Å². The number of hydrogen-bond acceptors (Lipinski definition) is 2. The maximum atomic E-state index is 6.08. The van der Waals surface area contributed by atoms with Crippen LogP contribution in [0.2, 0.25) is 0 Å². The second-order valence-electron chi connectivity index (χ2n) is 7.85. The van der Waals surface area contributed by atoms with E-state index in [2.05, 4.69) is 67.6 Å². The maximum Gasteiger partial charge on any atom is 0.135 e. The van der Waals surface area contributed by atoms with E-state index in [1.807, 2.05) is 24.3 Å². The molecule has 0 aliphatic rings. The molecule has 0 bridgehead atoms. The Morgan fingerprint density at radius 2 is 1.28 bits per heavy atom. The molecule has 0 radical (unpaired) electrons. The van der Waals surface area contributed by atoms with E-state index in [4.69, 9.17) is 8.83 Å². The lowest BCUT2D eigenvalue weighted by atomic mass is 9.90. The molecule has 0 saturated heterocycles. The lowest BCUT2D eigenvalue weighted by Gasteiger charge is -2.13. The molecule has 29 heavy (non-hydrogen) atoms. The van der Waals surface area contributed by atoms with Crippen LogP contribution in [0.25, 0.3) is 43.9 Å². The zero-order chi connectivity index (χ0) is 19.4. The van der Waals surface area contributed by atoms with E-state index in [0.29, 0.717) is 5.92 Å². The van der Waals surface area contributed by atoms with Crippen LogP contribution in [0, 0.1) is 0 Å². The smallest absolute Gasteiger partial charge is 0.135 e. The van der Waals surface area contributed by atoms with Crippen molar-refractivity contribution in [1.82, 2.24) is 0 Å². The van der Waals surface area contributed by atoms with E-state index in [1.54, 1.807) is 0 Å². The summed E-state index contributed by atoms with van der Waals surface area (Å²) in [5, 5.41) is 4.79. The van der Waals surface area contributed by atoms with Gasteiger partial charge in [0, 0.05) is 21.5 Å². The minimum atomic E-state index is 0.363. The summed E-state index contributed by atoms with van der Waals surface area (Å²) in [5.74, 6) is 0.363. The summed E-state index contributed by atoms with van der Waals surface area (Å²) >= 11 is 0. The van der Waals surface area contributed by atoms with E-state index in [1.165, 1.54) is 32.7 Å². The van der Waals surface area contributed by atoms with Gasteiger partial charge in [-0.1, -0.05) is 67.6 Å². The fourth-order valence-corrected chi connectivity index (χ4v) is 4.57. The summed E-state index contributed by atoms with van der Waals surface area (Å²) in [6.07, 6.45) is 0.950. The molecule has 0 saturated carbocycles. The van der Waals surface area contributed by atoms with Crippen LogP contribution in [0.5, 0.6) is 0 Å². The molecule has 2 nitrogen and oxygen atoms in total. The standard InChI is InChI=1S/C27H20O2/c1-17(19-9-6-12-25-27(19)22-8-3-5-11-24(22)28-25)15-18-13-14-21-20-7-2-4-10-23(20)29-26(21)16-18/h2-14,16-17H,15H2,1H3. The van der Waals surface area contributed by atoms with E-state index in [0.717, 1.165) is 28.8 Å². The van der Waals surface area contributed by atoms with Crippen LogP contribution >= 0.6 is 0 Å². The lowest BCUT2D eigenvalue weighted by molar-refractivity contribution is 0.665. The van der Waals surface area contributed by atoms with Crippen molar-refractivity contribution in [1.29, 1.82) is 0 Å². The van der Waals surface area contributed by atoms with Crippen molar-refractivity contribution in [3.63, 3.8) is 0 Å². The molecule has 0 fully saturated rings. The van der Waals surface area contributed by atoms with Crippen LogP contribution in [0.1, 0.15) is 24.0 Å². The second-order valence-corrected chi connectivity index (χ2v) is 7.85. The molecule has 2 heterocycles. The first-order chi connectivity index (χ1) is 14.3. The van der Waals surface area contributed by atoms with Crippen LogP contribution in [0.4, 0.5) is 0 Å². The molecule has 0 N–H and O–H groups in total. The van der Waals surface area contributed by atoms with Gasteiger partial charge < -0.3 is 8.83 Å². The van der Waals surface area contributed by atoms with Crippen molar-refractivity contribution >= 4 is 43.9 Å². The summed E-state index contributed by atoms with van der Waals surface area (Å²) in [6, 6.07) is 29.5. The molecular weight excluding hydrogens is 356 g/mol. The van der Waals surface area contributed by atoms with Crippen molar-refractivity contribution in [3.8, 4) is 0 Å². The zero-order valence-electron chi connectivity index (χ0n) is 16.2. The second kappa shape index (κ2) is 6.25. The van der Waals surface area contributed by atoms with Gasteiger partial charge in [0.25, 0.3) is 0 Å². The minimum Gasteiger partial charge on any atom is -0.456 e. The Morgan fingerprint density at radius 1 is 0.621 bits per heavy atom. The van der Waals surface area contributed by atoms with Crippen molar-refractivity contribution in [3.05, 3.63) is 96.1 Å². The van der Waals surface area contributed by atoms with Crippen molar-refractivity contribution in [2.24, 2.45) is 0 Å². The first-order valence-electron chi connectivity index (χ1n) is 10.1. The topological polar surface area (TPSA) is 26.3 Å². The van der Waals surface area contributed by atoms with E-state index < -0.39 is 0 Å². The monoisotopic (exact) mass is 376 g/mol. The molecule has 2 heteroatoms. The van der Waals surface area contributed by atoms with Gasteiger partial charge in [-0.25, -0.2) is 0 Å². The molecule has 1 atom stereocenters. The van der Waals surface area contributed by atoms with Gasteiger partial charge in [-0.05, 0) is 47.7 Å². The van der Waals surface area contributed by atoms with Gasteiger partial charge in [0.15, 0.2) is 0 Å². The van der Waals surface area contributed by atoms with E-state index in [-0.39, 0.29) is 0 Å².